The monoisotopic (exact) mass is 375 g/mol. The van der Waals surface area contributed by atoms with Crippen molar-refractivity contribution in [2.75, 3.05) is 0 Å². The van der Waals surface area contributed by atoms with E-state index in [1.165, 1.54) is 0 Å². The van der Waals surface area contributed by atoms with Crippen LogP contribution in [0.15, 0.2) is 46.9 Å². The first kappa shape index (κ1) is 16.6. The van der Waals surface area contributed by atoms with E-state index in [1.807, 2.05) is 50.3 Å². The largest absolute Gasteiger partial charge is 0.490 e. The fourth-order valence-electron chi connectivity index (χ4n) is 1.93. The smallest absolute Gasteiger partial charge is 0.133 e. The molecule has 0 saturated heterocycles. The number of hydrogen-bond donors (Lipinski definition) is 0. The molecular weight excluding hydrogens is 362 g/mol. The lowest BCUT2D eigenvalue weighted by atomic mass is 10.0. The van der Waals surface area contributed by atoms with Crippen LogP contribution in [0.3, 0.4) is 0 Å². The zero-order valence-electron chi connectivity index (χ0n) is 12.3. The van der Waals surface area contributed by atoms with Gasteiger partial charge in [-0.25, -0.2) is 0 Å². The summed E-state index contributed by atoms with van der Waals surface area (Å²) in [5.41, 5.74) is 2.35. The molecule has 0 radical (unpaired) electrons. The molecule has 0 aliphatic heterocycles. The van der Waals surface area contributed by atoms with E-state index in [2.05, 4.69) is 22.0 Å². The molecule has 2 aromatic rings. The minimum absolute atomic E-state index is 0.112. The number of nitrogens with zero attached hydrogens (tertiary/aromatic N) is 1. The standard InChI is InChI=1S/C18H15BrClNO/c1-12(2)22-18-8-3-13(10-17(18)19)9-15(11-21)14-4-6-16(20)7-5-14/h3-10,12H,1-2H3/b15-9-. The summed E-state index contributed by atoms with van der Waals surface area (Å²) < 4.78 is 6.55. The van der Waals surface area contributed by atoms with E-state index in [-0.39, 0.29) is 6.10 Å². The van der Waals surface area contributed by atoms with Crippen LogP contribution in [0.25, 0.3) is 11.6 Å². The Bertz CT molecular complexity index is 730. The second kappa shape index (κ2) is 7.49. The Hall–Kier alpha value is -1.76. The van der Waals surface area contributed by atoms with Crippen LogP contribution in [-0.4, -0.2) is 6.10 Å². The number of rotatable bonds is 4. The highest BCUT2D eigenvalue weighted by molar-refractivity contribution is 9.10. The first-order valence-corrected chi connectivity index (χ1v) is 8.00. The van der Waals surface area contributed by atoms with Crippen molar-refractivity contribution in [1.29, 1.82) is 5.26 Å². The van der Waals surface area contributed by atoms with Gasteiger partial charge in [-0.2, -0.15) is 5.26 Å². The molecule has 0 aliphatic rings. The van der Waals surface area contributed by atoms with E-state index in [9.17, 15) is 5.26 Å². The molecule has 4 heteroatoms. The van der Waals surface area contributed by atoms with Crippen LogP contribution in [0.2, 0.25) is 5.02 Å². The maximum absolute atomic E-state index is 9.37. The molecule has 0 bridgehead atoms. The fourth-order valence-corrected chi connectivity index (χ4v) is 2.55. The molecule has 0 atom stereocenters. The number of nitriles is 1. The Labute approximate surface area is 144 Å². The number of benzene rings is 2. The molecule has 0 aliphatic carbocycles. The molecule has 0 heterocycles. The van der Waals surface area contributed by atoms with Gasteiger partial charge < -0.3 is 4.74 Å². The van der Waals surface area contributed by atoms with Crippen molar-refractivity contribution in [3.8, 4) is 11.8 Å². The van der Waals surface area contributed by atoms with Crippen LogP contribution in [0.1, 0.15) is 25.0 Å². The molecule has 0 unspecified atom stereocenters. The third-order valence-corrected chi connectivity index (χ3v) is 3.78. The van der Waals surface area contributed by atoms with Gasteiger partial charge in [0.2, 0.25) is 0 Å². The first-order chi connectivity index (χ1) is 10.5. The Balaban J connectivity index is 2.32. The molecule has 0 amide bonds. The van der Waals surface area contributed by atoms with Crippen molar-refractivity contribution < 1.29 is 4.74 Å². The van der Waals surface area contributed by atoms with Gasteiger partial charge in [0.15, 0.2) is 0 Å². The number of allylic oxidation sites excluding steroid dienone is 1. The number of halogens is 2. The van der Waals surface area contributed by atoms with Gasteiger partial charge in [-0.05, 0) is 71.2 Å². The van der Waals surface area contributed by atoms with Crippen molar-refractivity contribution in [2.45, 2.75) is 20.0 Å². The maximum Gasteiger partial charge on any atom is 0.133 e. The number of hydrogen-bond acceptors (Lipinski definition) is 2. The Morgan fingerprint density at radius 3 is 2.45 bits per heavy atom. The van der Waals surface area contributed by atoms with Gasteiger partial charge in [0.1, 0.15) is 5.75 Å². The van der Waals surface area contributed by atoms with Gasteiger partial charge in [-0.3, -0.25) is 0 Å². The van der Waals surface area contributed by atoms with E-state index in [1.54, 1.807) is 12.1 Å². The summed E-state index contributed by atoms with van der Waals surface area (Å²) in [7, 11) is 0. The molecule has 2 nitrogen and oxygen atoms in total. The highest BCUT2D eigenvalue weighted by Crippen LogP contribution is 2.29. The van der Waals surface area contributed by atoms with Crippen LogP contribution in [0.4, 0.5) is 0 Å². The van der Waals surface area contributed by atoms with Crippen LogP contribution in [-0.2, 0) is 0 Å². The van der Waals surface area contributed by atoms with Crippen molar-refractivity contribution in [2.24, 2.45) is 0 Å². The molecule has 2 rings (SSSR count). The van der Waals surface area contributed by atoms with E-state index in [0.717, 1.165) is 21.3 Å². The molecule has 112 valence electrons. The average molecular weight is 377 g/mol. The summed E-state index contributed by atoms with van der Waals surface area (Å²) in [5.74, 6) is 0.789. The summed E-state index contributed by atoms with van der Waals surface area (Å²) >= 11 is 9.38. The van der Waals surface area contributed by atoms with Gasteiger partial charge in [-0.15, -0.1) is 0 Å². The van der Waals surface area contributed by atoms with E-state index < -0.39 is 0 Å². The van der Waals surface area contributed by atoms with Crippen molar-refractivity contribution in [3.63, 3.8) is 0 Å². The molecule has 0 fully saturated rings. The predicted molar refractivity (Wildman–Crippen MR) is 94.8 cm³/mol. The van der Waals surface area contributed by atoms with Crippen molar-refractivity contribution in [3.05, 3.63) is 63.1 Å². The van der Waals surface area contributed by atoms with E-state index in [0.29, 0.717) is 10.6 Å². The van der Waals surface area contributed by atoms with Gasteiger partial charge >= 0.3 is 0 Å². The average Bonchev–Trinajstić information content (AvgIpc) is 2.48. The van der Waals surface area contributed by atoms with Gasteiger partial charge in [0, 0.05) is 5.02 Å². The molecule has 0 spiro atoms. The Kier molecular flexibility index (Phi) is 5.65. The molecule has 0 saturated carbocycles. The first-order valence-electron chi connectivity index (χ1n) is 6.83. The molecule has 0 aromatic heterocycles. The van der Waals surface area contributed by atoms with Crippen molar-refractivity contribution >= 4 is 39.2 Å². The third-order valence-electron chi connectivity index (χ3n) is 2.91. The van der Waals surface area contributed by atoms with Gasteiger partial charge in [0.05, 0.1) is 22.2 Å². The van der Waals surface area contributed by atoms with Crippen molar-refractivity contribution in [1.82, 2.24) is 0 Å². The minimum atomic E-state index is 0.112. The normalized spacial score (nSPS) is 11.4. The second-order valence-electron chi connectivity index (χ2n) is 5.03. The van der Waals surface area contributed by atoms with Gasteiger partial charge in [-0.1, -0.05) is 29.8 Å². The highest BCUT2D eigenvalue weighted by Gasteiger charge is 2.06. The summed E-state index contributed by atoms with van der Waals surface area (Å²) in [6.07, 6.45) is 1.95. The lowest BCUT2D eigenvalue weighted by Gasteiger charge is -2.11. The minimum Gasteiger partial charge on any atom is -0.490 e. The quantitative estimate of drug-likeness (QED) is 0.487. The molecular formula is C18H15BrClNO. The second-order valence-corrected chi connectivity index (χ2v) is 6.32. The summed E-state index contributed by atoms with van der Waals surface area (Å²) in [4.78, 5) is 0. The fraction of sp³-hybridized carbons (Fsp3) is 0.167. The van der Waals surface area contributed by atoms with E-state index >= 15 is 0 Å². The van der Waals surface area contributed by atoms with E-state index in [4.69, 9.17) is 16.3 Å². The zero-order chi connectivity index (χ0) is 16.1. The Morgan fingerprint density at radius 2 is 1.91 bits per heavy atom. The highest BCUT2D eigenvalue weighted by atomic mass is 79.9. The summed E-state index contributed by atoms with van der Waals surface area (Å²) in [6.45, 7) is 3.96. The van der Waals surface area contributed by atoms with Crippen LogP contribution in [0, 0.1) is 11.3 Å². The predicted octanol–water partition coefficient (Wildman–Crippen LogP) is 5.95. The summed E-state index contributed by atoms with van der Waals surface area (Å²) in [6, 6.07) is 15.2. The summed E-state index contributed by atoms with van der Waals surface area (Å²) in [5, 5.41) is 10.0. The third kappa shape index (κ3) is 4.37. The zero-order valence-corrected chi connectivity index (χ0v) is 14.6. The number of ether oxygens (including phenoxy) is 1. The SMILES string of the molecule is CC(C)Oc1ccc(/C=C(/C#N)c2ccc(Cl)cc2)cc1Br. The molecule has 2 aromatic carbocycles. The van der Waals surface area contributed by atoms with Crippen LogP contribution >= 0.6 is 27.5 Å². The Morgan fingerprint density at radius 1 is 1.23 bits per heavy atom. The molecule has 0 N–H and O–H groups in total. The lowest BCUT2D eigenvalue weighted by molar-refractivity contribution is 0.241. The van der Waals surface area contributed by atoms with Gasteiger partial charge in [0.25, 0.3) is 0 Å². The lowest BCUT2D eigenvalue weighted by Crippen LogP contribution is -2.05. The van der Waals surface area contributed by atoms with Crippen LogP contribution in [0.5, 0.6) is 5.75 Å². The molecule has 22 heavy (non-hydrogen) atoms. The topological polar surface area (TPSA) is 33.0 Å². The van der Waals surface area contributed by atoms with Crippen LogP contribution < -0.4 is 4.74 Å². The maximum atomic E-state index is 9.37.